The van der Waals surface area contributed by atoms with Gasteiger partial charge in [0.1, 0.15) is 18.3 Å². The van der Waals surface area contributed by atoms with Gasteiger partial charge in [0, 0.05) is 17.6 Å². The number of para-hydroxylation sites is 2. The Morgan fingerprint density at radius 3 is 2.30 bits per heavy atom. The summed E-state index contributed by atoms with van der Waals surface area (Å²) in [6, 6.07) is 28.5. The molecule has 8 heteroatoms. The molecule has 1 aromatic heterocycles. The van der Waals surface area contributed by atoms with Crippen LogP contribution in [0.4, 0.5) is 10.5 Å². The fourth-order valence-corrected chi connectivity index (χ4v) is 3.72. The van der Waals surface area contributed by atoms with E-state index in [1.165, 1.54) is 0 Å². The van der Waals surface area contributed by atoms with Gasteiger partial charge < -0.3 is 20.7 Å². The van der Waals surface area contributed by atoms with Crippen molar-refractivity contribution >= 4 is 34.5 Å². The second kappa shape index (κ2) is 12.8. The normalized spacial score (nSPS) is 11.4. The lowest BCUT2D eigenvalue weighted by Crippen LogP contribution is -2.44. The van der Waals surface area contributed by atoms with Crippen LogP contribution in [0.1, 0.15) is 28.9 Å². The summed E-state index contributed by atoms with van der Waals surface area (Å²) in [5, 5.41) is 9.23. The minimum absolute atomic E-state index is 0.170. The number of benzene rings is 3. The van der Waals surface area contributed by atoms with Gasteiger partial charge in [-0.25, -0.2) is 9.78 Å². The number of rotatable bonds is 10. The molecule has 0 saturated carbocycles. The van der Waals surface area contributed by atoms with Crippen LogP contribution in [0.3, 0.4) is 0 Å². The molecule has 0 fully saturated rings. The molecule has 3 N–H and O–H groups in total. The molecule has 3 aromatic carbocycles. The number of amides is 3. The van der Waals surface area contributed by atoms with Crippen LogP contribution < -0.4 is 16.0 Å². The Balaban J connectivity index is 1.34. The van der Waals surface area contributed by atoms with Gasteiger partial charge in [-0.05, 0) is 42.7 Å². The molecule has 0 unspecified atom stereocenters. The molecule has 1 heterocycles. The summed E-state index contributed by atoms with van der Waals surface area (Å²) < 4.78 is 5.21. The number of nitrogens with zero attached hydrogens (tertiary/aromatic N) is 1. The zero-order valence-electron chi connectivity index (χ0n) is 20.2. The number of nitrogens with one attached hydrogen (secondary N) is 3. The summed E-state index contributed by atoms with van der Waals surface area (Å²) in [6.45, 7) is 0.455. The molecular formula is C29H28N4O4. The Bertz CT molecular complexity index is 1350. The van der Waals surface area contributed by atoms with E-state index in [0.717, 1.165) is 10.9 Å². The Hall–Kier alpha value is -4.72. The molecule has 8 nitrogen and oxygen atoms in total. The van der Waals surface area contributed by atoms with Gasteiger partial charge >= 0.3 is 6.09 Å². The van der Waals surface area contributed by atoms with E-state index in [0.29, 0.717) is 24.0 Å². The van der Waals surface area contributed by atoms with E-state index in [4.69, 9.17) is 4.74 Å². The van der Waals surface area contributed by atoms with Crippen LogP contribution in [0.5, 0.6) is 0 Å². The van der Waals surface area contributed by atoms with Crippen molar-refractivity contribution < 1.29 is 19.1 Å². The third-order valence-electron chi connectivity index (χ3n) is 5.65. The van der Waals surface area contributed by atoms with Crippen LogP contribution in [-0.2, 0) is 16.1 Å². The Morgan fingerprint density at radius 1 is 0.811 bits per heavy atom. The predicted molar refractivity (Wildman–Crippen MR) is 142 cm³/mol. The van der Waals surface area contributed by atoms with Gasteiger partial charge in [0.25, 0.3) is 5.91 Å². The van der Waals surface area contributed by atoms with E-state index < -0.39 is 18.0 Å². The fourth-order valence-electron chi connectivity index (χ4n) is 3.72. The molecule has 37 heavy (non-hydrogen) atoms. The number of ether oxygens (including phenoxy) is 1. The molecule has 4 aromatic rings. The van der Waals surface area contributed by atoms with Gasteiger partial charge in [-0.15, -0.1) is 0 Å². The Kier molecular flexibility index (Phi) is 8.80. The van der Waals surface area contributed by atoms with Crippen molar-refractivity contribution in [1.29, 1.82) is 0 Å². The summed E-state index contributed by atoms with van der Waals surface area (Å²) in [5.41, 5.74) is 2.43. The monoisotopic (exact) mass is 496 g/mol. The molecular weight excluding hydrogens is 468 g/mol. The molecule has 0 aliphatic heterocycles. The maximum atomic E-state index is 13.0. The molecule has 3 amide bonds. The third kappa shape index (κ3) is 7.63. The lowest BCUT2D eigenvalue weighted by atomic mass is 10.1. The second-order valence-electron chi connectivity index (χ2n) is 8.40. The largest absolute Gasteiger partial charge is 0.445 e. The molecule has 0 aliphatic rings. The van der Waals surface area contributed by atoms with Gasteiger partial charge in [-0.1, -0.05) is 72.8 Å². The topological polar surface area (TPSA) is 109 Å². The maximum Gasteiger partial charge on any atom is 0.407 e. The summed E-state index contributed by atoms with van der Waals surface area (Å²) in [4.78, 5) is 42.4. The first kappa shape index (κ1) is 25.4. The van der Waals surface area contributed by atoms with Crippen molar-refractivity contribution in [2.75, 3.05) is 11.9 Å². The van der Waals surface area contributed by atoms with Crippen molar-refractivity contribution in [2.45, 2.75) is 25.5 Å². The lowest BCUT2D eigenvalue weighted by molar-refractivity contribution is -0.118. The van der Waals surface area contributed by atoms with Crippen LogP contribution in [0.2, 0.25) is 0 Å². The number of aromatic nitrogens is 1. The number of alkyl carbamates (subject to hydrolysis) is 1. The average molecular weight is 497 g/mol. The van der Waals surface area contributed by atoms with Crippen LogP contribution >= 0.6 is 0 Å². The number of hydrogen-bond donors (Lipinski definition) is 3. The van der Waals surface area contributed by atoms with Gasteiger partial charge in [-0.3, -0.25) is 9.59 Å². The van der Waals surface area contributed by atoms with E-state index in [9.17, 15) is 14.4 Å². The zero-order valence-corrected chi connectivity index (χ0v) is 20.2. The Morgan fingerprint density at radius 2 is 1.51 bits per heavy atom. The highest BCUT2D eigenvalue weighted by atomic mass is 16.5. The van der Waals surface area contributed by atoms with Crippen LogP contribution in [0.15, 0.2) is 97.1 Å². The summed E-state index contributed by atoms with van der Waals surface area (Å²) >= 11 is 0. The summed E-state index contributed by atoms with van der Waals surface area (Å²) in [7, 11) is 0. The lowest BCUT2D eigenvalue weighted by Gasteiger charge is -2.19. The van der Waals surface area contributed by atoms with Gasteiger partial charge in [0.05, 0.1) is 5.52 Å². The summed E-state index contributed by atoms with van der Waals surface area (Å²) in [5.74, 6) is -0.804. The van der Waals surface area contributed by atoms with E-state index in [1.54, 1.807) is 18.2 Å². The van der Waals surface area contributed by atoms with Crippen molar-refractivity contribution in [1.82, 2.24) is 15.6 Å². The third-order valence-corrected chi connectivity index (χ3v) is 5.65. The first-order valence-electron chi connectivity index (χ1n) is 12.1. The van der Waals surface area contributed by atoms with Crippen LogP contribution in [0, 0.1) is 0 Å². The van der Waals surface area contributed by atoms with Gasteiger partial charge in [-0.2, -0.15) is 0 Å². The van der Waals surface area contributed by atoms with Crippen LogP contribution in [0.25, 0.3) is 10.9 Å². The molecule has 188 valence electrons. The van der Waals surface area contributed by atoms with Crippen molar-refractivity contribution in [3.8, 4) is 0 Å². The Labute approximate surface area is 215 Å². The number of carbonyl (C=O) groups is 3. The molecule has 4 rings (SSSR count). The second-order valence-corrected chi connectivity index (χ2v) is 8.40. The average Bonchev–Trinajstić information content (AvgIpc) is 2.94. The standard InChI is InChI=1S/C29H28N4O4/c34-27(31-23-13-5-2-6-14-23)25(16-9-19-30-29(36)37-20-21-10-3-1-4-11-21)33-28(35)26-18-17-22-12-7-8-15-24(22)32-26/h1-8,10-15,17-18,25H,9,16,19-20H2,(H,30,36)(H,31,34)(H,33,35)/t25-/m0/s1. The number of fused-ring (bicyclic) bond motifs is 1. The quantitative estimate of drug-likeness (QED) is 0.276. The number of hydrogen-bond acceptors (Lipinski definition) is 5. The number of carbonyl (C=O) groups excluding carboxylic acids is 3. The minimum Gasteiger partial charge on any atom is -0.445 e. The van der Waals surface area contributed by atoms with Crippen molar-refractivity contribution in [3.05, 3.63) is 108 Å². The molecule has 0 radical (unpaired) electrons. The molecule has 0 saturated heterocycles. The minimum atomic E-state index is -0.830. The zero-order chi connectivity index (χ0) is 25.9. The van der Waals surface area contributed by atoms with E-state index in [2.05, 4.69) is 20.9 Å². The molecule has 1 atom stereocenters. The van der Waals surface area contributed by atoms with E-state index in [-0.39, 0.29) is 24.8 Å². The maximum absolute atomic E-state index is 13.0. The highest BCUT2D eigenvalue weighted by Crippen LogP contribution is 2.13. The first-order chi connectivity index (χ1) is 18.1. The van der Waals surface area contributed by atoms with Gasteiger partial charge in [0.2, 0.25) is 5.91 Å². The number of anilines is 1. The summed E-state index contributed by atoms with van der Waals surface area (Å²) in [6.07, 6.45) is 0.203. The van der Waals surface area contributed by atoms with Crippen molar-refractivity contribution in [3.63, 3.8) is 0 Å². The highest BCUT2D eigenvalue weighted by molar-refractivity contribution is 6.01. The first-order valence-corrected chi connectivity index (χ1v) is 12.1. The fraction of sp³-hybridized carbons (Fsp3) is 0.172. The SMILES string of the molecule is O=C(NCCC[C@H](NC(=O)c1ccc2ccccc2n1)C(=O)Nc1ccccc1)OCc1ccccc1. The molecule has 0 spiro atoms. The van der Waals surface area contributed by atoms with E-state index >= 15 is 0 Å². The smallest absolute Gasteiger partial charge is 0.407 e. The van der Waals surface area contributed by atoms with Gasteiger partial charge in [0.15, 0.2) is 0 Å². The predicted octanol–water partition coefficient (Wildman–Crippen LogP) is 4.68. The van der Waals surface area contributed by atoms with Crippen molar-refractivity contribution in [2.24, 2.45) is 0 Å². The van der Waals surface area contributed by atoms with E-state index in [1.807, 2.05) is 78.9 Å². The molecule has 0 bridgehead atoms. The highest BCUT2D eigenvalue weighted by Gasteiger charge is 2.22. The number of pyridine rings is 1. The van der Waals surface area contributed by atoms with Crippen LogP contribution in [-0.4, -0.2) is 35.5 Å². The molecule has 0 aliphatic carbocycles.